The van der Waals surface area contributed by atoms with Gasteiger partial charge in [-0.3, -0.25) is 19.2 Å². The van der Waals surface area contributed by atoms with Crippen LogP contribution in [0.3, 0.4) is 0 Å². The molecule has 8 nitrogen and oxygen atoms in total. The van der Waals surface area contributed by atoms with Crippen molar-refractivity contribution in [3.63, 3.8) is 0 Å². The van der Waals surface area contributed by atoms with Crippen molar-refractivity contribution in [2.75, 3.05) is 9.62 Å². The van der Waals surface area contributed by atoms with Crippen LogP contribution < -0.4 is 9.62 Å². The second kappa shape index (κ2) is 8.00. The minimum atomic E-state index is -3.83. The van der Waals surface area contributed by atoms with Gasteiger partial charge in [-0.2, -0.15) is 5.10 Å². The molecule has 0 saturated carbocycles. The first-order valence-electron chi connectivity index (χ1n) is 10.6. The zero-order valence-corrected chi connectivity index (χ0v) is 19.1. The van der Waals surface area contributed by atoms with E-state index in [-0.39, 0.29) is 22.7 Å². The van der Waals surface area contributed by atoms with Crippen molar-refractivity contribution in [1.82, 2.24) is 14.8 Å². The van der Waals surface area contributed by atoms with Crippen molar-refractivity contribution in [3.05, 3.63) is 78.1 Å². The highest BCUT2D eigenvalue weighted by molar-refractivity contribution is 7.92. The predicted octanol–water partition coefficient (Wildman–Crippen LogP) is 3.58. The molecule has 0 saturated heterocycles. The van der Waals surface area contributed by atoms with Crippen molar-refractivity contribution in [3.8, 4) is 0 Å². The Morgan fingerprint density at radius 3 is 2.79 bits per heavy atom. The summed E-state index contributed by atoms with van der Waals surface area (Å²) in [4.78, 5) is 18.2. The number of carbonyl (C=O) groups is 1. The lowest BCUT2D eigenvalue weighted by molar-refractivity contribution is -0.116. The van der Waals surface area contributed by atoms with E-state index in [2.05, 4.69) is 14.8 Å². The number of nitrogens with zero attached hydrogens (tertiary/aromatic N) is 4. The van der Waals surface area contributed by atoms with E-state index in [1.54, 1.807) is 40.2 Å². The zero-order chi connectivity index (χ0) is 23.2. The van der Waals surface area contributed by atoms with Gasteiger partial charge in [0, 0.05) is 42.5 Å². The molecule has 168 valence electrons. The van der Waals surface area contributed by atoms with Gasteiger partial charge >= 0.3 is 0 Å². The summed E-state index contributed by atoms with van der Waals surface area (Å²) < 4.78 is 30.2. The molecular formula is C24H23N5O3S. The lowest BCUT2D eigenvalue weighted by atomic mass is 10.1. The van der Waals surface area contributed by atoms with E-state index in [4.69, 9.17) is 0 Å². The maximum atomic E-state index is 13.0. The predicted molar refractivity (Wildman–Crippen MR) is 127 cm³/mol. The maximum absolute atomic E-state index is 13.0. The van der Waals surface area contributed by atoms with Crippen LogP contribution >= 0.6 is 0 Å². The Labute approximate surface area is 191 Å². The van der Waals surface area contributed by atoms with Gasteiger partial charge in [-0.1, -0.05) is 24.3 Å². The number of anilines is 2. The summed E-state index contributed by atoms with van der Waals surface area (Å²) in [6, 6.07) is 16.3. The van der Waals surface area contributed by atoms with Gasteiger partial charge in [0.15, 0.2) is 5.82 Å². The number of para-hydroxylation sites is 1. The van der Waals surface area contributed by atoms with Gasteiger partial charge in [0.2, 0.25) is 5.91 Å². The molecule has 33 heavy (non-hydrogen) atoms. The lowest BCUT2D eigenvalue weighted by Gasteiger charge is -2.20. The quantitative estimate of drug-likeness (QED) is 0.490. The summed E-state index contributed by atoms with van der Waals surface area (Å²) in [7, 11) is -3.83. The topological polar surface area (TPSA) is 97.2 Å². The maximum Gasteiger partial charge on any atom is 0.263 e. The monoisotopic (exact) mass is 461 g/mol. The van der Waals surface area contributed by atoms with Crippen LogP contribution in [0.15, 0.2) is 71.9 Å². The molecule has 1 N–H and O–H groups in total. The number of amides is 1. The second-order valence-electron chi connectivity index (χ2n) is 8.23. The summed E-state index contributed by atoms with van der Waals surface area (Å²) in [6.45, 7) is 3.93. The second-order valence-corrected chi connectivity index (χ2v) is 9.91. The third-order valence-electron chi connectivity index (χ3n) is 5.84. The van der Waals surface area contributed by atoms with Crippen molar-refractivity contribution in [2.45, 2.75) is 37.8 Å². The van der Waals surface area contributed by atoms with E-state index in [0.717, 1.165) is 27.7 Å². The molecule has 3 heterocycles. The summed E-state index contributed by atoms with van der Waals surface area (Å²) in [5.74, 6) is 0.185. The number of hydrogen-bond acceptors (Lipinski definition) is 5. The van der Waals surface area contributed by atoms with Crippen LogP contribution in [0.1, 0.15) is 25.0 Å². The molecule has 0 aliphatic carbocycles. The lowest BCUT2D eigenvalue weighted by Crippen LogP contribution is -2.33. The van der Waals surface area contributed by atoms with Gasteiger partial charge in [-0.15, -0.1) is 0 Å². The molecule has 1 aliphatic rings. The molecule has 0 fully saturated rings. The van der Waals surface area contributed by atoms with Crippen LogP contribution in [0, 0.1) is 0 Å². The Kier molecular flexibility index (Phi) is 5.13. The number of carbonyl (C=O) groups excluding carboxylic acids is 1. The molecular weight excluding hydrogens is 438 g/mol. The zero-order valence-electron chi connectivity index (χ0n) is 18.3. The first-order chi connectivity index (χ1) is 15.8. The van der Waals surface area contributed by atoms with Gasteiger partial charge in [0.25, 0.3) is 10.0 Å². The van der Waals surface area contributed by atoms with Crippen molar-refractivity contribution >= 4 is 38.3 Å². The largest absolute Gasteiger partial charge is 0.309 e. The fraction of sp³-hybridized carbons (Fsp3) is 0.208. The molecule has 9 heteroatoms. The number of sulfonamides is 1. The van der Waals surface area contributed by atoms with Crippen molar-refractivity contribution in [1.29, 1.82) is 0 Å². The fourth-order valence-electron chi connectivity index (χ4n) is 4.42. The Hall–Kier alpha value is -3.72. The first-order valence-corrected chi connectivity index (χ1v) is 12.1. The van der Waals surface area contributed by atoms with Crippen LogP contribution in [-0.2, 0) is 27.8 Å². The molecule has 2 aromatic heterocycles. The third kappa shape index (κ3) is 3.95. The number of hydrogen-bond donors (Lipinski definition) is 1. The molecule has 1 atom stereocenters. The standard InChI is InChI=1S/C24H23N5O3S/c1-16-13-20-14-21(8-9-22(20)29(16)17(2)30)33(31,32)27-23-10-12-28(26-23)15-19-6-3-5-18-7-4-11-25-24(18)19/h3-12,14,16H,13,15H2,1-2H3,(H,26,27)/t16-/m0/s1. The van der Waals surface area contributed by atoms with E-state index in [1.807, 2.05) is 37.3 Å². The Morgan fingerprint density at radius 2 is 1.97 bits per heavy atom. The number of benzene rings is 2. The van der Waals surface area contributed by atoms with E-state index >= 15 is 0 Å². The molecule has 0 spiro atoms. The number of fused-ring (bicyclic) bond motifs is 2. The molecule has 5 rings (SSSR count). The van der Waals surface area contributed by atoms with Crippen LogP contribution in [0.4, 0.5) is 11.5 Å². The Bertz CT molecular complexity index is 1470. The number of nitrogens with one attached hydrogen (secondary N) is 1. The molecule has 4 aromatic rings. The summed E-state index contributed by atoms with van der Waals surface area (Å²) in [5.41, 5.74) is 3.49. The van der Waals surface area contributed by atoms with Crippen molar-refractivity contribution < 1.29 is 13.2 Å². The van der Waals surface area contributed by atoms with Crippen LogP contribution in [0.5, 0.6) is 0 Å². The highest BCUT2D eigenvalue weighted by Gasteiger charge is 2.30. The molecule has 2 aromatic carbocycles. The summed E-state index contributed by atoms with van der Waals surface area (Å²) >= 11 is 0. The molecule has 0 bridgehead atoms. The highest BCUT2D eigenvalue weighted by atomic mass is 32.2. The smallest absolute Gasteiger partial charge is 0.263 e. The van der Waals surface area contributed by atoms with Crippen LogP contribution in [0.2, 0.25) is 0 Å². The highest BCUT2D eigenvalue weighted by Crippen LogP contribution is 2.34. The Balaban J connectivity index is 1.36. The summed E-state index contributed by atoms with van der Waals surface area (Å²) in [5, 5.41) is 5.43. The van der Waals surface area contributed by atoms with Crippen LogP contribution in [0.25, 0.3) is 10.9 Å². The molecule has 1 amide bonds. The Morgan fingerprint density at radius 1 is 1.15 bits per heavy atom. The van der Waals surface area contributed by atoms with E-state index < -0.39 is 10.0 Å². The van der Waals surface area contributed by atoms with Crippen LogP contribution in [-0.4, -0.2) is 35.1 Å². The normalized spacial score (nSPS) is 15.6. The molecule has 1 aliphatic heterocycles. The number of rotatable bonds is 5. The van der Waals surface area contributed by atoms with Gasteiger partial charge in [0.05, 0.1) is 17.0 Å². The summed E-state index contributed by atoms with van der Waals surface area (Å²) in [6.07, 6.45) is 4.10. The number of aromatic nitrogens is 3. The minimum absolute atomic E-state index is 0.00247. The van der Waals surface area contributed by atoms with E-state index in [9.17, 15) is 13.2 Å². The van der Waals surface area contributed by atoms with Crippen molar-refractivity contribution in [2.24, 2.45) is 0 Å². The van der Waals surface area contributed by atoms with Gasteiger partial charge in [-0.25, -0.2) is 8.42 Å². The first kappa shape index (κ1) is 21.1. The average molecular weight is 462 g/mol. The average Bonchev–Trinajstić information content (AvgIpc) is 3.35. The van der Waals surface area contributed by atoms with E-state index in [1.165, 1.54) is 13.0 Å². The third-order valence-corrected chi connectivity index (χ3v) is 7.20. The van der Waals surface area contributed by atoms with Gasteiger partial charge in [-0.05, 0) is 48.7 Å². The minimum Gasteiger partial charge on any atom is -0.309 e. The molecule has 0 radical (unpaired) electrons. The number of pyridine rings is 1. The van der Waals surface area contributed by atoms with E-state index in [0.29, 0.717) is 13.0 Å². The van der Waals surface area contributed by atoms with Gasteiger partial charge < -0.3 is 4.90 Å². The SMILES string of the molecule is CC(=O)N1c2ccc(S(=O)(=O)Nc3ccn(Cc4cccc5cccnc45)n3)cc2C[C@@H]1C. The fourth-order valence-corrected chi connectivity index (χ4v) is 5.47. The molecule has 0 unspecified atom stereocenters. The van der Waals surface area contributed by atoms with Gasteiger partial charge in [0.1, 0.15) is 0 Å².